The van der Waals surface area contributed by atoms with Crippen LogP contribution in [0.2, 0.25) is 0 Å². The first-order valence-electron chi connectivity index (χ1n) is 6.64. The lowest BCUT2D eigenvalue weighted by Gasteiger charge is -2.30. The lowest BCUT2D eigenvalue weighted by atomic mass is 9.85. The van der Waals surface area contributed by atoms with Gasteiger partial charge in [-0.05, 0) is 48.1 Å². The molecule has 100 valence electrons. The molecule has 1 heterocycles. The largest absolute Gasteiger partial charge is 0.306 e. The minimum absolute atomic E-state index is 0. The molecule has 2 aromatic rings. The Hall–Kier alpha value is -1.31. The number of fused-ring (bicyclic) bond motifs is 1. The summed E-state index contributed by atoms with van der Waals surface area (Å²) in [5, 5.41) is 3.67. The zero-order valence-corrected chi connectivity index (χ0v) is 12.3. The van der Waals surface area contributed by atoms with Crippen molar-refractivity contribution >= 4 is 12.4 Å². The molecule has 1 aliphatic rings. The number of rotatable bonds is 1. The molecule has 0 bridgehead atoms. The maximum atomic E-state index is 3.67. The van der Waals surface area contributed by atoms with Crippen LogP contribution in [0.3, 0.4) is 0 Å². The van der Waals surface area contributed by atoms with E-state index < -0.39 is 0 Å². The summed E-state index contributed by atoms with van der Waals surface area (Å²) in [6, 6.07) is 15.7. The number of hydrogen-bond donors (Lipinski definition) is 1. The molecule has 0 fully saturated rings. The molecule has 19 heavy (non-hydrogen) atoms. The van der Waals surface area contributed by atoms with Crippen LogP contribution in [0.4, 0.5) is 0 Å². The molecular weight excluding hydrogens is 254 g/mol. The van der Waals surface area contributed by atoms with Gasteiger partial charge in [-0.2, -0.15) is 0 Å². The fraction of sp³-hybridized carbons (Fsp3) is 0.294. The maximum Gasteiger partial charge on any atom is 0.0584 e. The summed E-state index contributed by atoms with van der Waals surface area (Å²) in [7, 11) is 0. The molecule has 1 N–H and O–H groups in total. The van der Waals surface area contributed by atoms with Gasteiger partial charge in [0.2, 0.25) is 0 Å². The second-order valence-electron chi connectivity index (χ2n) is 5.14. The van der Waals surface area contributed by atoms with Gasteiger partial charge < -0.3 is 5.32 Å². The van der Waals surface area contributed by atoms with Crippen LogP contribution < -0.4 is 5.32 Å². The van der Waals surface area contributed by atoms with E-state index in [1.54, 1.807) is 0 Å². The molecule has 1 aliphatic heterocycles. The Kier molecular flexibility index (Phi) is 4.28. The number of halogens is 1. The van der Waals surface area contributed by atoms with Crippen molar-refractivity contribution in [2.24, 2.45) is 0 Å². The average Bonchev–Trinajstić information content (AvgIpc) is 2.39. The zero-order chi connectivity index (χ0) is 12.5. The Balaban J connectivity index is 0.00000133. The van der Waals surface area contributed by atoms with Crippen LogP contribution in [0, 0.1) is 13.8 Å². The van der Waals surface area contributed by atoms with Crippen molar-refractivity contribution in [3.63, 3.8) is 0 Å². The third-order valence-corrected chi connectivity index (χ3v) is 3.95. The van der Waals surface area contributed by atoms with E-state index >= 15 is 0 Å². The minimum Gasteiger partial charge on any atom is -0.306 e. The zero-order valence-electron chi connectivity index (χ0n) is 11.4. The Bertz CT molecular complexity index is 577. The smallest absolute Gasteiger partial charge is 0.0584 e. The Morgan fingerprint density at radius 1 is 0.947 bits per heavy atom. The van der Waals surface area contributed by atoms with Crippen LogP contribution in [0.5, 0.6) is 0 Å². The van der Waals surface area contributed by atoms with E-state index in [9.17, 15) is 0 Å². The van der Waals surface area contributed by atoms with Gasteiger partial charge in [0.25, 0.3) is 0 Å². The molecule has 1 atom stereocenters. The summed E-state index contributed by atoms with van der Waals surface area (Å²) in [6.45, 7) is 5.48. The molecule has 0 saturated carbocycles. The topological polar surface area (TPSA) is 12.0 Å². The molecule has 3 rings (SSSR count). The highest BCUT2D eigenvalue weighted by atomic mass is 35.5. The lowest BCUT2D eigenvalue weighted by Crippen LogP contribution is -2.31. The maximum absolute atomic E-state index is 3.67. The molecule has 0 unspecified atom stereocenters. The van der Waals surface area contributed by atoms with E-state index in [2.05, 4.69) is 61.6 Å². The molecular formula is C17H20ClN. The van der Waals surface area contributed by atoms with Crippen LogP contribution in [-0.4, -0.2) is 6.54 Å². The number of benzene rings is 2. The van der Waals surface area contributed by atoms with Crippen LogP contribution in [0.1, 0.15) is 33.9 Å². The molecule has 2 heteroatoms. The minimum atomic E-state index is 0. The van der Waals surface area contributed by atoms with Crippen LogP contribution in [0.25, 0.3) is 0 Å². The summed E-state index contributed by atoms with van der Waals surface area (Å²) < 4.78 is 0. The van der Waals surface area contributed by atoms with Gasteiger partial charge in [-0.1, -0.05) is 42.5 Å². The standard InChI is InChI=1S/C17H19N.ClH/c1-12-6-3-4-9-15(12)17-16-13(2)7-5-8-14(16)10-11-18-17;/h3-9,17-18H,10-11H2,1-2H3;1H/t17-;/m1./s1. The van der Waals surface area contributed by atoms with Crippen molar-refractivity contribution in [2.45, 2.75) is 26.3 Å². The van der Waals surface area contributed by atoms with E-state index in [1.165, 1.54) is 27.8 Å². The second-order valence-corrected chi connectivity index (χ2v) is 5.14. The molecule has 0 spiro atoms. The molecule has 0 aliphatic carbocycles. The van der Waals surface area contributed by atoms with E-state index in [1.807, 2.05) is 0 Å². The normalized spacial score (nSPS) is 17.5. The first kappa shape index (κ1) is 14.1. The predicted octanol–water partition coefficient (Wildman–Crippen LogP) is 3.96. The average molecular weight is 274 g/mol. The predicted molar refractivity (Wildman–Crippen MR) is 83.2 cm³/mol. The lowest BCUT2D eigenvalue weighted by molar-refractivity contribution is 0.563. The molecule has 0 aromatic heterocycles. The van der Waals surface area contributed by atoms with Gasteiger partial charge in [0, 0.05) is 6.54 Å². The van der Waals surface area contributed by atoms with Crippen LogP contribution in [-0.2, 0) is 6.42 Å². The van der Waals surface area contributed by atoms with Crippen molar-refractivity contribution in [1.82, 2.24) is 5.32 Å². The van der Waals surface area contributed by atoms with Crippen molar-refractivity contribution in [2.75, 3.05) is 6.54 Å². The van der Waals surface area contributed by atoms with E-state index in [0.717, 1.165) is 13.0 Å². The first-order chi connectivity index (χ1) is 8.77. The summed E-state index contributed by atoms with van der Waals surface area (Å²) >= 11 is 0. The van der Waals surface area contributed by atoms with Crippen molar-refractivity contribution in [3.8, 4) is 0 Å². The first-order valence-corrected chi connectivity index (χ1v) is 6.64. The molecule has 0 amide bonds. The summed E-state index contributed by atoms with van der Waals surface area (Å²) in [4.78, 5) is 0. The Labute approximate surface area is 121 Å². The third-order valence-electron chi connectivity index (χ3n) is 3.95. The summed E-state index contributed by atoms with van der Waals surface area (Å²) in [6.07, 6.45) is 1.14. The monoisotopic (exact) mass is 273 g/mol. The molecule has 0 saturated heterocycles. The van der Waals surface area contributed by atoms with Gasteiger partial charge >= 0.3 is 0 Å². The summed E-state index contributed by atoms with van der Waals surface area (Å²) in [5.74, 6) is 0. The molecule has 1 nitrogen and oxygen atoms in total. The quantitative estimate of drug-likeness (QED) is 0.829. The van der Waals surface area contributed by atoms with Gasteiger partial charge in [-0.3, -0.25) is 0 Å². The molecule has 2 aromatic carbocycles. The highest BCUT2D eigenvalue weighted by molar-refractivity contribution is 5.85. The van der Waals surface area contributed by atoms with Gasteiger partial charge in [0.15, 0.2) is 0 Å². The Morgan fingerprint density at radius 3 is 2.47 bits per heavy atom. The van der Waals surface area contributed by atoms with Gasteiger partial charge in [-0.25, -0.2) is 0 Å². The van der Waals surface area contributed by atoms with E-state index in [0.29, 0.717) is 6.04 Å². The molecule has 0 radical (unpaired) electrons. The second kappa shape index (κ2) is 5.77. The van der Waals surface area contributed by atoms with E-state index in [-0.39, 0.29) is 12.4 Å². The van der Waals surface area contributed by atoms with Crippen molar-refractivity contribution in [1.29, 1.82) is 0 Å². The third kappa shape index (κ3) is 2.54. The SMILES string of the molecule is Cc1ccccc1[C@H]1NCCc2cccc(C)c21.Cl. The van der Waals surface area contributed by atoms with Crippen molar-refractivity contribution < 1.29 is 0 Å². The highest BCUT2D eigenvalue weighted by Crippen LogP contribution is 2.32. The van der Waals surface area contributed by atoms with Gasteiger partial charge in [-0.15, -0.1) is 12.4 Å². The van der Waals surface area contributed by atoms with Gasteiger partial charge in [0.1, 0.15) is 0 Å². The Morgan fingerprint density at radius 2 is 1.68 bits per heavy atom. The fourth-order valence-electron chi connectivity index (χ4n) is 3.00. The number of aryl methyl sites for hydroxylation is 2. The van der Waals surface area contributed by atoms with Crippen LogP contribution >= 0.6 is 12.4 Å². The van der Waals surface area contributed by atoms with E-state index in [4.69, 9.17) is 0 Å². The van der Waals surface area contributed by atoms with Crippen LogP contribution in [0.15, 0.2) is 42.5 Å². The fourth-order valence-corrected chi connectivity index (χ4v) is 3.00. The highest BCUT2D eigenvalue weighted by Gasteiger charge is 2.23. The van der Waals surface area contributed by atoms with Crippen molar-refractivity contribution in [3.05, 3.63) is 70.3 Å². The number of nitrogens with one attached hydrogen (secondary N) is 1. The summed E-state index contributed by atoms with van der Waals surface area (Å²) in [5.41, 5.74) is 7.16. The van der Waals surface area contributed by atoms with Gasteiger partial charge in [0.05, 0.1) is 6.04 Å². The number of hydrogen-bond acceptors (Lipinski definition) is 1.